The van der Waals surface area contributed by atoms with Crippen LogP contribution in [0.15, 0.2) is 24.5 Å². The molecule has 4 nitrogen and oxygen atoms in total. The van der Waals surface area contributed by atoms with Crippen molar-refractivity contribution in [3.8, 4) is 0 Å². The van der Waals surface area contributed by atoms with E-state index in [2.05, 4.69) is 9.97 Å². The normalized spacial score (nSPS) is 13.4. The van der Waals surface area contributed by atoms with Crippen LogP contribution >= 0.6 is 0 Å². The molecule has 0 aliphatic carbocycles. The average molecular weight is 177 g/mol. The number of hydrogen-bond acceptors (Lipinski definition) is 3. The summed E-state index contributed by atoms with van der Waals surface area (Å²) < 4.78 is 0. The third kappa shape index (κ3) is 1.30. The number of aliphatic hydroxyl groups is 1. The van der Waals surface area contributed by atoms with Gasteiger partial charge >= 0.3 is 0 Å². The highest BCUT2D eigenvalue weighted by Gasteiger charge is 2.10. The van der Waals surface area contributed by atoms with E-state index in [-0.39, 0.29) is 12.6 Å². The van der Waals surface area contributed by atoms with Gasteiger partial charge in [-0.05, 0) is 17.7 Å². The smallest absolute Gasteiger partial charge is 0.137 e. The number of nitrogens with two attached hydrogens (primary N) is 1. The number of hydrogen-bond donors (Lipinski definition) is 3. The Balaban J connectivity index is 2.57. The van der Waals surface area contributed by atoms with Gasteiger partial charge in [-0.2, -0.15) is 0 Å². The molecule has 0 saturated carbocycles. The molecular weight excluding hydrogens is 166 g/mol. The molecule has 0 aliphatic heterocycles. The number of nitrogens with one attached hydrogen (secondary N) is 1. The quantitative estimate of drug-likeness (QED) is 0.627. The molecule has 0 aliphatic rings. The third-order valence-electron chi connectivity index (χ3n) is 2.08. The highest BCUT2D eigenvalue weighted by Crippen LogP contribution is 2.20. The van der Waals surface area contributed by atoms with Gasteiger partial charge in [-0.3, -0.25) is 0 Å². The Morgan fingerprint density at radius 2 is 2.46 bits per heavy atom. The molecule has 0 spiro atoms. The van der Waals surface area contributed by atoms with Crippen LogP contribution in [-0.4, -0.2) is 21.7 Å². The molecule has 2 aromatic rings. The molecule has 1 atom stereocenters. The molecule has 4 heteroatoms. The summed E-state index contributed by atoms with van der Waals surface area (Å²) in [7, 11) is 0. The van der Waals surface area contributed by atoms with E-state index in [1.807, 2.05) is 12.1 Å². The molecule has 0 radical (unpaired) electrons. The van der Waals surface area contributed by atoms with Gasteiger partial charge in [0.2, 0.25) is 0 Å². The molecule has 0 aromatic carbocycles. The minimum Gasteiger partial charge on any atom is -0.394 e. The molecule has 0 bridgehead atoms. The summed E-state index contributed by atoms with van der Waals surface area (Å²) in [5, 5.41) is 9.88. The molecule has 0 amide bonds. The lowest BCUT2D eigenvalue weighted by Crippen LogP contribution is -2.13. The van der Waals surface area contributed by atoms with Crippen molar-refractivity contribution in [2.45, 2.75) is 6.04 Å². The van der Waals surface area contributed by atoms with E-state index in [0.29, 0.717) is 0 Å². The van der Waals surface area contributed by atoms with E-state index < -0.39 is 0 Å². The van der Waals surface area contributed by atoms with E-state index in [1.165, 1.54) is 0 Å². The van der Waals surface area contributed by atoms with E-state index >= 15 is 0 Å². The molecular formula is C9H11N3O. The lowest BCUT2D eigenvalue weighted by molar-refractivity contribution is 0.268. The van der Waals surface area contributed by atoms with Crippen molar-refractivity contribution in [1.29, 1.82) is 0 Å². The van der Waals surface area contributed by atoms with Crippen molar-refractivity contribution in [2.24, 2.45) is 5.73 Å². The maximum atomic E-state index is 8.91. The first-order valence-electron chi connectivity index (χ1n) is 4.11. The van der Waals surface area contributed by atoms with Gasteiger partial charge in [0.1, 0.15) is 5.65 Å². The van der Waals surface area contributed by atoms with Gasteiger partial charge in [-0.1, -0.05) is 0 Å². The number of aromatic amines is 1. The summed E-state index contributed by atoms with van der Waals surface area (Å²) in [6, 6.07) is 3.45. The van der Waals surface area contributed by atoms with Gasteiger partial charge in [0.05, 0.1) is 12.6 Å². The fourth-order valence-corrected chi connectivity index (χ4v) is 1.38. The van der Waals surface area contributed by atoms with Crippen LogP contribution in [-0.2, 0) is 0 Å². The minimum absolute atomic E-state index is 0.0537. The van der Waals surface area contributed by atoms with E-state index in [4.69, 9.17) is 10.8 Å². The highest BCUT2D eigenvalue weighted by molar-refractivity contribution is 5.79. The Bertz CT molecular complexity index is 410. The first-order chi connectivity index (χ1) is 6.33. The van der Waals surface area contributed by atoms with Crippen LogP contribution in [0, 0.1) is 0 Å². The lowest BCUT2D eigenvalue weighted by Gasteiger charge is -2.05. The van der Waals surface area contributed by atoms with E-state index in [9.17, 15) is 0 Å². The Labute approximate surface area is 75.4 Å². The number of rotatable bonds is 2. The van der Waals surface area contributed by atoms with Crippen LogP contribution < -0.4 is 5.73 Å². The van der Waals surface area contributed by atoms with Gasteiger partial charge in [0.15, 0.2) is 0 Å². The second kappa shape index (κ2) is 3.16. The molecule has 4 N–H and O–H groups in total. The highest BCUT2D eigenvalue weighted by atomic mass is 16.3. The standard InChI is InChI=1S/C9H11N3O/c10-8(5-13)7-4-12-9-6(7)2-1-3-11-9/h1-4,8,13H,5,10H2,(H,11,12)/t8-/m1/s1. The summed E-state index contributed by atoms with van der Waals surface area (Å²) in [6.45, 7) is -0.0537. The maximum absolute atomic E-state index is 8.91. The Kier molecular flexibility index (Phi) is 2.00. The number of H-pyrrole nitrogens is 1. The molecule has 0 unspecified atom stereocenters. The number of aromatic nitrogens is 2. The summed E-state index contributed by atoms with van der Waals surface area (Å²) in [5.41, 5.74) is 7.42. The Morgan fingerprint density at radius 1 is 1.62 bits per heavy atom. The fraction of sp³-hybridized carbons (Fsp3) is 0.222. The van der Waals surface area contributed by atoms with Crippen molar-refractivity contribution in [2.75, 3.05) is 6.61 Å². The number of aliphatic hydroxyl groups excluding tert-OH is 1. The zero-order chi connectivity index (χ0) is 9.26. The largest absolute Gasteiger partial charge is 0.394 e. The van der Waals surface area contributed by atoms with Crippen LogP contribution in [0.1, 0.15) is 11.6 Å². The number of fused-ring (bicyclic) bond motifs is 1. The molecule has 2 heterocycles. The molecule has 0 fully saturated rings. The van der Waals surface area contributed by atoms with Crippen LogP contribution in [0.3, 0.4) is 0 Å². The summed E-state index contributed by atoms with van der Waals surface area (Å²) in [5.74, 6) is 0. The molecule has 0 saturated heterocycles. The Morgan fingerprint density at radius 3 is 3.23 bits per heavy atom. The van der Waals surface area contributed by atoms with Gasteiger partial charge in [-0.15, -0.1) is 0 Å². The molecule has 2 rings (SSSR count). The van der Waals surface area contributed by atoms with Crippen molar-refractivity contribution in [3.63, 3.8) is 0 Å². The first-order valence-corrected chi connectivity index (χ1v) is 4.11. The molecule has 13 heavy (non-hydrogen) atoms. The summed E-state index contributed by atoms with van der Waals surface area (Å²) in [4.78, 5) is 7.13. The fourth-order valence-electron chi connectivity index (χ4n) is 1.38. The number of nitrogens with zero attached hydrogens (tertiary/aromatic N) is 1. The first kappa shape index (κ1) is 8.22. The van der Waals surface area contributed by atoms with Crippen molar-refractivity contribution in [3.05, 3.63) is 30.1 Å². The zero-order valence-electron chi connectivity index (χ0n) is 7.07. The van der Waals surface area contributed by atoms with E-state index in [1.54, 1.807) is 12.4 Å². The summed E-state index contributed by atoms with van der Waals surface area (Å²) in [6.07, 6.45) is 3.51. The maximum Gasteiger partial charge on any atom is 0.137 e. The van der Waals surface area contributed by atoms with Gasteiger partial charge in [0.25, 0.3) is 0 Å². The SMILES string of the molecule is N[C@H](CO)c1c[nH]c2ncccc12. The zero-order valence-corrected chi connectivity index (χ0v) is 7.07. The molecule has 2 aromatic heterocycles. The van der Waals surface area contributed by atoms with Crippen molar-refractivity contribution in [1.82, 2.24) is 9.97 Å². The predicted octanol–water partition coefficient (Wildman–Crippen LogP) is 0.555. The monoisotopic (exact) mass is 177 g/mol. The van der Waals surface area contributed by atoms with Crippen LogP contribution in [0.5, 0.6) is 0 Å². The van der Waals surface area contributed by atoms with Gasteiger partial charge in [-0.25, -0.2) is 4.98 Å². The number of pyridine rings is 1. The van der Waals surface area contributed by atoms with Gasteiger partial charge < -0.3 is 15.8 Å². The van der Waals surface area contributed by atoms with Crippen LogP contribution in [0.2, 0.25) is 0 Å². The molecule has 68 valence electrons. The predicted molar refractivity (Wildman–Crippen MR) is 50.1 cm³/mol. The van der Waals surface area contributed by atoms with Crippen LogP contribution in [0.25, 0.3) is 11.0 Å². The van der Waals surface area contributed by atoms with Crippen molar-refractivity contribution < 1.29 is 5.11 Å². The van der Waals surface area contributed by atoms with Crippen LogP contribution in [0.4, 0.5) is 0 Å². The topological polar surface area (TPSA) is 74.9 Å². The van der Waals surface area contributed by atoms with Crippen molar-refractivity contribution >= 4 is 11.0 Å². The Hall–Kier alpha value is -1.39. The van der Waals surface area contributed by atoms with E-state index in [0.717, 1.165) is 16.6 Å². The average Bonchev–Trinajstić information content (AvgIpc) is 2.60. The second-order valence-electron chi connectivity index (χ2n) is 2.93. The van der Waals surface area contributed by atoms with Gasteiger partial charge in [0, 0.05) is 17.8 Å². The lowest BCUT2D eigenvalue weighted by atomic mass is 10.1. The second-order valence-corrected chi connectivity index (χ2v) is 2.93. The third-order valence-corrected chi connectivity index (χ3v) is 2.08. The minimum atomic E-state index is -0.335. The summed E-state index contributed by atoms with van der Waals surface area (Å²) >= 11 is 0.